The Morgan fingerprint density at radius 2 is 1.76 bits per heavy atom. The fourth-order valence-electron chi connectivity index (χ4n) is 4.54. The second-order valence-electron chi connectivity index (χ2n) is 9.23. The summed E-state index contributed by atoms with van der Waals surface area (Å²) in [5.41, 5.74) is 7.98. The maximum Gasteiger partial charge on any atom is 0.271 e. The molecule has 0 bridgehead atoms. The third kappa shape index (κ3) is 5.04. The third-order valence-electron chi connectivity index (χ3n) is 6.65. The molecule has 2 amide bonds. The molecule has 1 atom stereocenters. The molecule has 0 spiro atoms. The van der Waals surface area contributed by atoms with Gasteiger partial charge in [0.1, 0.15) is 17.6 Å². The van der Waals surface area contributed by atoms with Crippen LogP contribution < -0.4 is 21.0 Å². The van der Waals surface area contributed by atoms with Gasteiger partial charge in [-0.3, -0.25) is 19.5 Å². The summed E-state index contributed by atoms with van der Waals surface area (Å²) in [7, 11) is 0. The van der Waals surface area contributed by atoms with Gasteiger partial charge in [0.25, 0.3) is 5.91 Å². The largest absolute Gasteiger partial charge is 0.369 e. The standard InChI is InChI=1S/C25H29FN6O2/c26-18-6-8-20(9-7-18)32-23(24(27)33)15-22(29-32)25(34)28-19-2-1-3-21(14-19)31-12-10-30(11-13-31)16-17-4-5-17/h1-3,6-9,14,17,23H,4-5,10-13,15-16H2,(H2,27,33)(H,28,34). The lowest BCUT2D eigenvalue weighted by atomic mass is 10.1. The summed E-state index contributed by atoms with van der Waals surface area (Å²) in [6.07, 6.45) is 2.82. The van der Waals surface area contributed by atoms with Crippen molar-refractivity contribution in [1.29, 1.82) is 0 Å². The first-order chi connectivity index (χ1) is 16.5. The predicted molar refractivity (Wildman–Crippen MR) is 130 cm³/mol. The Labute approximate surface area is 198 Å². The first kappa shape index (κ1) is 22.3. The summed E-state index contributed by atoms with van der Waals surface area (Å²) in [5, 5.41) is 8.62. The molecule has 5 rings (SSSR count). The van der Waals surface area contributed by atoms with Crippen molar-refractivity contribution in [3.63, 3.8) is 0 Å². The van der Waals surface area contributed by atoms with Gasteiger partial charge in [-0.05, 0) is 61.2 Å². The Balaban J connectivity index is 1.24. The number of carbonyl (C=O) groups excluding carboxylic acids is 2. The summed E-state index contributed by atoms with van der Waals surface area (Å²) >= 11 is 0. The Morgan fingerprint density at radius 1 is 1.03 bits per heavy atom. The van der Waals surface area contributed by atoms with Crippen LogP contribution in [0.25, 0.3) is 0 Å². The molecule has 1 saturated carbocycles. The van der Waals surface area contributed by atoms with Gasteiger partial charge in [-0.2, -0.15) is 5.10 Å². The summed E-state index contributed by atoms with van der Waals surface area (Å²) in [5.74, 6) is -0.484. The molecule has 0 aromatic heterocycles. The molecule has 3 N–H and O–H groups in total. The van der Waals surface area contributed by atoms with Gasteiger partial charge in [0, 0.05) is 50.5 Å². The number of amides is 2. The highest BCUT2D eigenvalue weighted by atomic mass is 19.1. The predicted octanol–water partition coefficient (Wildman–Crippen LogP) is 2.42. The summed E-state index contributed by atoms with van der Waals surface area (Å²) in [6, 6.07) is 12.5. The highest BCUT2D eigenvalue weighted by molar-refractivity contribution is 6.44. The number of carbonyl (C=O) groups is 2. The number of nitrogens with zero attached hydrogens (tertiary/aromatic N) is 4. The monoisotopic (exact) mass is 464 g/mol. The zero-order chi connectivity index (χ0) is 23.7. The number of nitrogens with one attached hydrogen (secondary N) is 1. The van der Waals surface area contributed by atoms with Gasteiger partial charge in [-0.15, -0.1) is 0 Å². The van der Waals surface area contributed by atoms with Crippen molar-refractivity contribution in [2.45, 2.75) is 25.3 Å². The zero-order valence-corrected chi connectivity index (χ0v) is 19.0. The minimum absolute atomic E-state index is 0.0845. The van der Waals surface area contributed by atoms with Crippen molar-refractivity contribution in [3.05, 3.63) is 54.3 Å². The normalized spacial score (nSPS) is 20.9. The van der Waals surface area contributed by atoms with Crippen LogP contribution >= 0.6 is 0 Å². The van der Waals surface area contributed by atoms with Crippen LogP contribution in [0.1, 0.15) is 19.3 Å². The van der Waals surface area contributed by atoms with E-state index in [1.54, 1.807) is 0 Å². The van der Waals surface area contributed by atoms with Crippen LogP contribution in [0.3, 0.4) is 0 Å². The number of hydrazone groups is 1. The smallest absolute Gasteiger partial charge is 0.271 e. The lowest BCUT2D eigenvalue weighted by molar-refractivity contribution is -0.119. The van der Waals surface area contributed by atoms with Gasteiger partial charge in [0.05, 0.1) is 5.69 Å². The molecule has 1 aliphatic carbocycles. The van der Waals surface area contributed by atoms with Crippen LogP contribution in [-0.2, 0) is 9.59 Å². The van der Waals surface area contributed by atoms with Crippen molar-refractivity contribution in [1.82, 2.24) is 4.90 Å². The van der Waals surface area contributed by atoms with Crippen LogP contribution in [-0.4, -0.2) is 61.2 Å². The maximum atomic E-state index is 13.3. The van der Waals surface area contributed by atoms with Gasteiger partial charge in [0.2, 0.25) is 5.91 Å². The second-order valence-corrected chi connectivity index (χ2v) is 9.23. The fraction of sp³-hybridized carbons (Fsp3) is 0.400. The van der Waals surface area contributed by atoms with Crippen LogP contribution in [0.4, 0.5) is 21.5 Å². The Hall–Kier alpha value is -3.46. The average Bonchev–Trinajstić information content (AvgIpc) is 3.53. The summed E-state index contributed by atoms with van der Waals surface area (Å²) in [6.45, 7) is 5.25. The molecule has 34 heavy (non-hydrogen) atoms. The molecule has 178 valence electrons. The number of piperazine rings is 1. The minimum Gasteiger partial charge on any atom is -0.369 e. The van der Waals surface area contributed by atoms with E-state index in [1.165, 1.54) is 48.7 Å². The zero-order valence-electron chi connectivity index (χ0n) is 19.0. The molecule has 3 aliphatic rings. The number of primary amides is 1. The van der Waals surface area contributed by atoms with Crippen molar-refractivity contribution >= 4 is 34.6 Å². The van der Waals surface area contributed by atoms with E-state index in [0.29, 0.717) is 11.4 Å². The number of benzene rings is 2. The van der Waals surface area contributed by atoms with Crippen molar-refractivity contribution in [2.24, 2.45) is 16.8 Å². The van der Waals surface area contributed by atoms with E-state index in [0.717, 1.165) is 37.8 Å². The first-order valence-corrected chi connectivity index (χ1v) is 11.8. The van der Waals surface area contributed by atoms with Crippen molar-refractivity contribution in [3.8, 4) is 0 Å². The molecule has 2 fully saturated rings. The van der Waals surface area contributed by atoms with Crippen LogP contribution in [0, 0.1) is 11.7 Å². The van der Waals surface area contributed by atoms with Gasteiger partial charge in [-0.1, -0.05) is 6.07 Å². The van der Waals surface area contributed by atoms with E-state index in [4.69, 9.17) is 5.73 Å². The van der Waals surface area contributed by atoms with Crippen LogP contribution in [0.2, 0.25) is 0 Å². The van der Waals surface area contributed by atoms with Crippen molar-refractivity contribution in [2.75, 3.05) is 47.9 Å². The van der Waals surface area contributed by atoms with Crippen LogP contribution in [0.15, 0.2) is 53.6 Å². The molecule has 1 unspecified atom stereocenters. The van der Waals surface area contributed by atoms with Gasteiger partial charge in [-0.25, -0.2) is 4.39 Å². The number of hydrogen-bond donors (Lipinski definition) is 2. The van der Waals surface area contributed by atoms with Gasteiger partial charge < -0.3 is 16.0 Å². The second kappa shape index (κ2) is 9.42. The van der Waals surface area contributed by atoms with E-state index in [2.05, 4.69) is 26.3 Å². The van der Waals surface area contributed by atoms with E-state index in [9.17, 15) is 14.0 Å². The number of nitrogens with two attached hydrogens (primary N) is 1. The Kier molecular flexibility index (Phi) is 6.19. The number of anilines is 3. The maximum absolute atomic E-state index is 13.3. The van der Waals surface area contributed by atoms with E-state index < -0.39 is 17.8 Å². The lowest BCUT2D eigenvalue weighted by Crippen LogP contribution is -2.47. The molecule has 2 aromatic carbocycles. The third-order valence-corrected chi connectivity index (χ3v) is 6.65. The molecular formula is C25H29FN6O2. The molecule has 2 aliphatic heterocycles. The first-order valence-electron chi connectivity index (χ1n) is 11.8. The number of rotatable bonds is 7. The fourth-order valence-corrected chi connectivity index (χ4v) is 4.54. The van der Waals surface area contributed by atoms with Gasteiger partial charge in [0.15, 0.2) is 0 Å². The van der Waals surface area contributed by atoms with E-state index in [1.807, 2.05) is 18.2 Å². The SMILES string of the molecule is NC(=O)C1CC(C(=O)Nc2cccc(N3CCN(CC4CC4)CC3)c2)=NN1c1ccc(F)cc1. The minimum atomic E-state index is -0.801. The Bertz CT molecular complexity index is 1090. The molecule has 2 aromatic rings. The molecular weight excluding hydrogens is 435 g/mol. The summed E-state index contributed by atoms with van der Waals surface area (Å²) in [4.78, 5) is 29.8. The van der Waals surface area contributed by atoms with E-state index in [-0.39, 0.29) is 18.0 Å². The molecule has 0 radical (unpaired) electrons. The quantitative estimate of drug-likeness (QED) is 0.656. The van der Waals surface area contributed by atoms with Gasteiger partial charge >= 0.3 is 0 Å². The topological polar surface area (TPSA) is 94.3 Å². The number of halogens is 1. The highest BCUT2D eigenvalue weighted by Crippen LogP contribution is 2.30. The Morgan fingerprint density at radius 3 is 2.44 bits per heavy atom. The molecule has 2 heterocycles. The summed E-state index contributed by atoms with van der Waals surface area (Å²) < 4.78 is 13.3. The molecule has 9 heteroatoms. The highest BCUT2D eigenvalue weighted by Gasteiger charge is 2.35. The number of hydrogen-bond acceptors (Lipinski definition) is 6. The van der Waals surface area contributed by atoms with E-state index >= 15 is 0 Å². The molecule has 1 saturated heterocycles. The lowest BCUT2D eigenvalue weighted by Gasteiger charge is -2.36. The molecule has 8 nitrogen and oxygen atoms in total. The van der Waals surface area contributed by atoms with Crippen molar-refractivity contribution < 1.29 is 14.0 Å². The van der Waals surface area contributed by atoms with Crippen LogP contribution in [0.5, 0.6) is 0 Å². The average molecular weight is 465 g/mol.